The van der Waals surface area contributed by atoms with Gasteiger partial charge >= 0.3 is 0 Å². The molecule has 1 heterocycles. The van der Waals surface area contributed by atoms with Crippen LogP contribution in [0, 0.1) is 19.8 Å². The van der Waals surface area contributed by atoms with Crippen molar-refractivity contribution in [2.75, 3.05) is 26.2 Å². The fourth-order valence-corrected chi connectivity index (χ4v) is 2.69. The van der Waals surface area contributed by atoms with E-state index in [0.29, 0.717) is 0 Å². The van der Waals surface area contributed by atoms with E-state index in [1.54, 1.807) is 0 Å². The van der Waals surface area contributed by atoms with Crippen LogP contribution in [0.25, 0.3) is 0 Å². The Morgan fingerprint density at radius 3 is 2.95 bits per heavy atom. The van der Waals surface area contributed by atoms with Gasteiger partial charge in [-0.25, -0.2) is 0 Å². The highest BCUT2D eigenvalue weighted by Crippen LogP contribution is 2.17. The molecule has 1 atom stereocenters. The van der Waals surface area contributed by atoms with Gasteiger partial charge in [-0.3, -0.25) is 0 Å². The van der Waals surface area contributed by atoms with Crippen molar-refractivity contribution in [3.8, 4) is 5.75 Å². The first-order chi connectivity index (χ1) is 9.69. The SMILES string of the molecule is Cc1ccc(OCCCN2CCCC(C=O)C2)cc1C. The third-order valence-electron chi connectivity index (χ3n) is 4.10. The lowest BCUT2D eigenvalue weighted by Crippen LogP contribution is -2.37. The molecule has 3 heteroatoms. The highest BCUT2D eigenvalue weighted by atomic mass is 16.5. The van der Waals surface area contributed by atoms with Gasteiger partial charge in [0.05, 0.1) is 6.61 Å². The Balaban J connectivity index is 1.68. The number of hydrogen-bond donors (Lipinski definition) is 0. The van der Waals surface area contributed by atoms with Gasteiger partial charge in [0.1, 0.15) is 12.0 Å². The largest absolute Gasteiger partial charge is 0.494 e. The third-order valence-corrected chi connectivity index (χ3v) is 4.10. The molecule has 1 aromatic rings. The predicted molar refractivity (Wildman–Crippen MR) is 81.3 cm³/mol. The Morgan fingerprint density at radius 2 is 2.20 bits per heavy atom. The summed E-state index contributed by atoms with van der Waals surface area (Å²) in [5, 5.41) is 0. The van der Waals surface area contributed by atoms with Crippen molar-refractivity contribution in [3.63, 3.8) is 0 Å². The lowest BCUT2D eigenvalue weighted by Gasteiger charge is -2.29. The van der Waals surface area contributed by atoms with Gasteiger partial charge < -0.3 is 14.4 Å². The van der Waals surface area contributed by atoms with Crippen LogP contribution in [-0.2, 0) is 4.79 Å². The predicted octanol–water partition coefficient (Wildman–Crippen LogP) is 2.98. The zero-order valence-electron chi connectivity index (χ0n) is 12.6. The fourth-order valence-electron chi connectivity index (χ4n) is 2.69. The lowest BCUT2D eigenvalue weighted by atomic mass is 10.00. The van der Waals surface area contributed by atoms with Crippen molar-refractivity contribution in [3.05, 3.63) is 29.3 Å². The molecule has 1 aliphatic rings. The van der Waals surface area contributed by atoms with Crippen LogP contribution in [-0.4, -0.2) is 37.4 Å². The number of aldehydes is 1. The third kappa shape index (κ3) is 4.34. The number of hydrogen-bond acceptors (Lipinski definition) is 3. The van der Waals surface area contributed by atoms with E-state index in [0.717, 1.165) is 57.5 Å². The van der Waals surface area contributed by atoms with Crippen LogP contribution in [0.4, 0.5) is 0 Å². The van der Waals surface area contributed by atoms with Gasteiger partial charge in [-0.15, -0.1) is 0 Å². The number of benzene rings is 1. The normalized spacial score (nSPS) is 19.8. The van der Waals surface area contributed by atoms with Crippen LogP contribution in [0.1, 0.15) is 30.4 Å². The first-order valence-corrected chi connectivity index (χ1v) is 7.57. The number of likely N-dealkylation sites (tertiary alicyclic amines) is 1. The quantitative estimate of drug-likeness (QED) is 0.590. The Hall–Kier alpha value is -1.35. The molecule has 0 bridgehead atoms. The molecule has 0 aliphatic carbocycles. The Morgan fingerprint density at radius 1 is 1.35 bits per heavy atom. The van der Waals surface area contributed by atoms with Crippen molar-refractivity contribution in [1.82, 2.24) is 4.90 Å². The minimum Gasteiger partial charge on any atom is -0.494 e. The molecule has 0 saturated carbocycles. The molecule has 0 amide bonds. The molecule has 110 valence electrons. The second kappa shape index (κ2) is 7.44. The summed E-state index contributed by atoms with van der Waals surface area (Å²) in [7, 11) is 0. The zero-order chi connectivity index (χ0) is 14.4. The van der Waals surface area contributed by atoms with E-state index in [1.165, 1.54) is 11.1 Å². The molecule has 0 radical (unpaired) electrons. The van der Waals surface area contributed by atoms with Crippen molar-refractivity contribution in [2.24, 2.45) is 5.92 Å². The molecule has 3 nitrogen and oxygen atoms in total. The van der Waals surface area contributed by atoms with Crippen LogP contribution >= 0.6 is 0 Å². The van der Waals surface area contributed by atoms with Gasteiger partial charge in [0, 0.05) is 19.0 Å². The molecule has 1 aliphatic heterocycles. The van der Waals surface area contributed by atoms with Crippen LogP contribution in [0.5, 0.6) is 5.75 Å². The standard InChI is InChI=1S/C17H25NO2/c1-14-6-7-17(11-15(14)2)20-10-4-9-18-8-3-5-16(12-18)13-19/h6-7,11,13,16H,3-5,8-10,12H2,1-2H3. The van der Waals surface area contributed by atoms with Crippen LogP contribution in [0.2, 0.25) is 0 Å². The Kier molecular flexibility index (Phi) is 5.60. The molecular formula is C17H25NO2. The average Bonchev–Trinajstić information content (AvgIpc) is 2.47. The molecule has 2 rings (SSSR count). The molecule has 20 heavy (non-hydrogen) atoms. The van der Waals surface area contributed by atoms with E-state index in [4.69, 9.17) is 4.74 Å². The molecule has 0 spiro atoms. The van der Waals surface area contributed by atoms with Gasteiger partial charge in [0.2, 0.25) is 0 Å². The minimum atomic E-state index is 0.240. The van der Waals surface area contributed by atoms with Crippen molar-refractivity contribution < 1.29 is 9.53 Å². The first kappa shape index (κ1) is 15.0. The zero-order valence-corrected chi connectivity index (χ0v) is 12.6. The van der Waals surface area contributed by atoms with Crippen molar-refractivity contribution in [2.45, 2.75) is 33.1 Å². The summed E-state index contributed by atoms with van der Waals surface area (Å²) in [6.45, 7) is 8.02. The van der Waals surface area contributed by atoms with Crippen LogP contribution in [0.15, 0.2) is 18.2 Å². The van der Waals surface area contributed by atoms with Crippen molar-refractivity contribution >= 4 is 6.29 Å². The second-order valence-corrected chi connectivity index (χ2v) is 5.79. The average molecular weight is 275 g/mol. The lowest BCUT2D eigenvalue weighted by molar-refractivity contribution is -0.112. The maximum absolute atomic E-state index is 10.8. The summed E-state index contributed by atoms with van der Waals surface area (Å²) >= 11 is 0. The van der Waals surface area contributed by atoms with E-state index in [9.17, 15) is 4.79 Å². The summed E-state index contributed by atoms with van der Waals surface area (Å²) in [5.41, 5.74) is 2.57. The van der Waals surface area contributed by atoms with Crippen LogP contribution in [0.3, 0.4) is 0 Å². The molecular weight excluding hydrogens is 250 g/mol. The summed E-state index contributed by atoms with van der Waals surface area (Å²) in [6.07, 6.45) is 4.32. The number of ether oxygens (including phenoxy) is 1. The maximum atomic E-state index is 10.8. The van der Waals surface area contributed by atoms with E-state index in [1.807, 2.05) is 6.07 Å². The highest BCUT2D eigenvalue weighted by molar-refractivity contribution is 5.53. The summed E-state index contributed by atoms with van der Waals surface area (Å²) in [5.74, 6) is 1.20. The van der Waals surface area contributed by atoms with E-state index in [-0.39, 0.29) is 5.92 Å². The summed E-state index contributed by atoms with van der Waals surface area (Å²) < 4.78 is 5.79. The molecule has 0 aromatic heterocycles. The minimum absolute atomic E-state index is 0.240. The van der Waals surface area contributed by atoms with E-state index in [2.05, 4.69) is 30.9 Å². The first-order valence-electron chi connectivity index (χ1n) is 7.57. The smallest absolute Gasteiger partial charge is 0.124 e. The fraction of sp³-hybridized carbons (Fsp3) is 0.588. The van der Waals surface area contributed by atoms with Gasteiger partial charge in [0.15, 0.2) is 0 Å². The molecule has 1 fully saturated rings. The monoisotopic (exact) mass is 275 g/mol. The second-order valence-electron chi connectivity index (χ2n) is 5.79. The van der Waals surface area contributed by atoms with Gasteiger partial charge in [-0.1, -0.05) is 6.07 Å². The van der Waals surface area contributed by atoms with Crippen LogP contribution < -0.4 is 4.74 Å². The van der Waals surface area contributed by atoms with Gasteiger partial charge in [-0.2, -0.15) is 0 Å². The number of aryl methyl sites for hydroxylation is 2. The number of nitrogens with zero attached hydrogens (tertiary/aromatic N) is 1. The number of carbonyl (C=O) groups excluding carboxylic acids is 1. The maximum Gasteiger partial charge on any atom is 0.124 e. The topological polar surface area (TPSA) is 29.5 Å². The van der Waals surface area contributed by atoms with E-state index >= 15 is 0 Å². The Bertz CT molecular complexity index is 445. The van der Waals surface area contributed by atoms with Gasteiger partial charge in [0.25, 0.3) is 0 Å². The molecule has 0 N–H and O–H groups in total. The van der Waals surface area contributed by atoms with Gasteiger partial charge in [-0.05, 0) is 62.9 Å². The highest BCUT2D eigenvalue weighted by Gasteiger charge is 2.18. The Labute approximate surface area is 121 Å². The number of rotatable bonds is 6. The number of carbonyl (C=O) groups is 1. The molecule has 1 unspecified atom stereocenters. The van der Waals surface area contributed by atoms with Crippen molar-refractivity contribution in [1.29, 1.82) is 0 Å². The molecule has 1 aromatic carbocycles. The summed E-state index contributed by atoms with van der Waals surface area (Å²) in [4.78, 5) is 13.2. The summed E-state index contributed by atoms with van der Waals surface area (Å²) in [6, 6.07) is 6.23. The molecule has 1 saturated heterocycles. The van der Waals surface area contributed by atoms with E-state index < -0.39 is 0 Å². The number of piperidine rings is 1.